The van der Waals surface area contributed by atoms with Crippen LogP contribution in [0.25, 0.3) is 0 Å². The van der Waals surface area contributed by atoms with Gasteiger partial charge in [0.05, 0.1) is 12.1 Å². The van der Waals surface area contributed by atoms with Gasteiger partial charge in [0.2, 0.25) is 5.91 Å². The molecule has 1 saturated heterocycles. The lowest BCUT2D eigenvalue weighted by Crippen LogP contribution is -2.71. The zero-order valence-electron chi connectivity index (χ0n) is 16.1. The highest BCUT2D eigenvalue weighted by Gasteiger charge is 2.53. The van der Waals surface area contributed by atoms with E-state index in [1.54, 1.807) is 11.8 Å². The third-order valence-corrected chi connectivity index (χ3v) is 7.46. The van der Waals surface area contributed by atoms with Gasteiger partial charge in [0, 0.05) is 16.4 Å². The molecule has 0 saturated carbocycles. The summed E-state index contributed by atoms with van der Waals surface area (Å²) in [5.74, 6) is 0.608. The smallest absolute Gasteiger partial charge is 0.253 e. The molecule has 2 aromatic rings. The minimum absolute atomic E-state index is 0.201. The van der Waals surface area contributed by atoms with Gasteiger partial charge in [-0.1, -0.05) is 48.5 Å². The quantitative estimate of drug-likeness (QED) is 0.345. The molecule has 30 heavy (non-hydrogen) atoms. The number of rotatable bonds is 7. The first-order valence-electron chi connectivity index (χ1n) is 9.58. The predicted molar refractivity (Wildman–Crippen MR) is 118 cm³/mol. The number of benzene rings is 2. The Bertz CT molecular complexity index is 950. The second-order valence-electron chi connectivity index (χ2n) is 7.08. The van der Waals surface area contributed by atoms with Crippen molar-refractivity contribution < 1.29 is 19.8 Å². The van der Waals surface area contributed by atoms with E-state index in [1.807, 2.05) is 60.7 Å². The van der Waals surface area contributed by atoms with E-state index < -0.39 is 12.3 Å². The molecule has 1 fully saturated rings. The molecule has 0 bridgehead atoms. The van der Waals surface area contributed by atoms with Crippen LogP contribution in [0.4, 0.5) is 0 Å². The Morgan fingerprint density at radius 3 is 2.47 bits per heavy atom. The Labute approximate surface area is 183 Å². The number of hydrogen-bond donors (Lipinski definition) is 3. The topological polar surface area (TPSA) is 89.9 Å². The van der Waals surface area contributed by atoms with Crippen LogP contribution in [-0.2, 0) is 16.0 Å². The van der Waals surface area contributed by atoms with E-state index in [0.717, 1.165) is 16.0 Å². The molecule has 2 heterocycles. The molecule has 8 heteroatoms. The highest BCUT2D eigenvalue weighted by atomic mass is 32.2. The van der Waals surface area contributed by atoms with E-state index in [4.69, 9.17) is 0 Å². The largest absolute Gasteiger partial charge is 0.363 e. The van der Waals surface area contributed by atoms with Crippen LogP contribution in [0, 0.1) is 0 Å². The van der Waals surface area contributed by atoms with E-state index >= 15 is 0 Å². The van der Waals surface area contributed by atoms with Crippen LogP contribution < -0.4 is 5.32 Å². The molecule has 6 nitrogen and oxygen atoms in total. The lowest BCUT2D eigenvalue weighted by molar-refractivity contribution is -0.150. The number of nitrogens with one attached hydrogen (secondary N) is 1. The van der Waals surface area contributed by atoms with E-state index in [0.29, 0.717) is 11.5 Å². The van der Waals surface area contributed by atoms with Gasteiger partial charge < -0.3 is 15.5 Å². The highest BCUT2D eigenvalue weighted by Crippen LogP contribution is 2.42. The van der Waals surface area contributed by atoms with Crippen molar-refractivity contribution in [3.05, 3.63) is 77.5 Å². The molecule has 0 radical (unpaired) electrons. The standard InChI is InChI=1S/C22H22N2O4S2/c25-17(11-14-7-3-1-4-8-14)23-18-20(26)24-19(22(27)28)15(13-30-21(18)24)12-29-16-9-5-2-6-10-16/h1-10,18,21-22,27-28H,11-13H2,(H,23,25)/t18-,21?/m1/s1. The van der Waals surface area contributed by atoms with Crippen molar-refractivity contribution in [2.45, 2.75) is 29.0 Å². The van der Waals surface area contributed by atoms with Gasteiger partial charge in [-0.2, -0.15) is 0 Å². The van der Waals surface area contributed by atoms with Crippen LogP contribution in [0.3, 0.4) is 0 Å². The van der Waals surface area contributed by atoms with Crippen LogP contribution in [0.1, 0.15) is 5.56 Å². The number of nitrogens with zero attached hydrogens (tertiary/aromatic N) is 1. The van der Waals surface area contributed by atoms with Gasteiger partial charge in [-0.3, -0.25) is 14.5 Å². The number of aliphatic hydroxyl groups excluding tert-OH is 1. The highest BCUT2D eigenvalue weighted by molar-refractivity contribution is 8.01. The van der Waals surface area contributed by atoms with Crippen molar-refractivity contribution in [1.29, 1.82) is 0 Å². The molecule has 156 valence electrons. The second kappa shape index (κ2) is 9.26. The molecule has 2 atom stereocenters. The van der Waals surface area contributed by atoms with E-state index in [1.165, 1.54) is 16.7 Å². The third kappa shape index (κ3) is 4.41. The first-order valence-corrected chi connectivity index (χ1v) is 11.6. The van der Waals surface area contributed by atoms with Crippen LogP contribution in [-0.4, -0.2) is 56.1 Å². The lowest BCUT2D eigenvalue weighted by Gasteiger charge is -2.51. The van der Waals surface area contributed by atoms with E-state index in [9.17, 15) is 19.8 Å². The van der Waals surface area contributed by atoms with Crippen LogP contribution in [0.5, 0.6) is 0 Å². The Kier molecular flexibility index (Phi) is 6.48. The molecular formula is C22H22N2O4S2. The fourth-order valence-electron chi connectivity index (χ4n) is 3.57. The first kappa shape index (κ1) is 21.0. The summed E-state index contributed by atoms with van der Waals surface area (Å²) in [4.78, 5) is 27.6. The van der Waals surface area contributed by atoms with Gasteiger partial charge in [-0.25, -0.2) is 0 Å². The van der Waals surface area contributed by atoms with Gasteiger partial charge in [0.15, 0.2) is 6.29 Å². The zero-order valence-corrected chi connectivity index (χ0v) is 17.7. The second-order valence-corrected chi connectivity index (χ2v) is 9.24. The third-order valence-electron chi connectivity index (χ3n) is 5.02. The summed E-state index contributed by atoms with van der Waals surface area (Å²) in [5.41, 5.74) is 1.95. The molecule has 2 amide bonds. The summed E-state index contributed by atoms with van der Waals surface area (Å²) in [6, 6.07) is 18.5. The Hall–Kier alpha value is -2.26. The van der Waals surface area contributed by atoms with Crippen LogP contribution >= 0.6 is 23.5 Å². The molecule has 0 aliphatic carbocycles. The predicted octanol–water partition coefficient (Wildman–Crippen LogP) is 1.99. The minimum atomic E-state index is -1.73. The van der Waals surface area contributed by atoms with Gasteiger partial charge in [0.25, 0.3) is 5.91 Å². The van der Waals surface area contributed by atoms with Gasteiger partial charge in [0.1, 0.15) is 11.4 Å². The fourth-order valence-corrected chi connectivity index (χ4v) is 6.00. The Morgan fingerprint density at radius 2 is 1.80 bits per heavy atom. The normalized spacial score (nSPS) is 20.8. The SMILES string of the molecule is O=C(Cc1ccccc1)N[C@@H]1C(=O)N2C(C(O)O)=C(CSc3ccccc3)CSC12. The average molecular weight is 443 g/mol. The fraction of sp³-hybridized carbons (Fsp3) is 0.273. The molecule has 2 aliphatic heterocycles. The summed E-state index contributed by atoms with van der Waals surface area (Å²) in [7, 11) is 0. The molecule has 2 aromatic carbocycles. The number of thioether (sulfide) groups is 2. The monoisotopic (exact) mass is 442 g/mol. The van der Waals surface area contributed by atoms with Crippen molar-refractivity contribution in [3.8, 4) is 0 Å². The molecule has 3 N–H and O–H groups in total. The number of carbonyl (C=O) groups excluding carboxylic acids is 2. The van der Waals surface area contributed by atoms with E-state index in [-0.39, 0.29) is 29.3 Å². The number of aliphatic hydroxyl groups is 2. The Balaban J connectivity index is 1.43. The van der Waals surface area contributed by atoms with Crippen LogP contribution in [0.15, 0.2) is 76.8 Å². The number of amides is 2. The van der Waals surface area contributed by atoms with Crippen molar-refractivity contribution in [3.63, 3.8) is 0 Å². The van der Waals surface area contributed by atoms with E-state index in [2.05, 4.69) is 5.32 Å². The number of carbonyl (C=O) groups is 2. The van der Waals surface area contributed by atoms with Gasteiger partial charge in [-0.05, 0) is 23.3 Å². The average Bonchev–Trinajstić information content (AvgIpc) is 2.76. The van der Waals surface area contributed by atoms with Gasteiger partial charge >= 0.3 is 0 Å². The summed E-state index contributed by atoms with van der Waals surface area (Å²) < 4.78 is 0. The van der Waals surface area contributed by atoms with Gasteiger partial charge in [-0.15, -0.1) is 23.5 Å². The molecule has 0 spiro atoms. The van der Waals surface area contributed by atoms with Crippen molar-refractivity contribution in [1.82, 2.24) is 10.2 Å². The number of fused-ring (bicyclic) bond motifs is 1. The van der Waals surface area contributed by atoms with Crippen molar-refractivity contribution >= 4 is 35.3 Å². The maximum atomic E-state index is 12.8. The number of hydrogen-bond acceptors (Lipinski definition) is 6. The lowest BCUT2D eigenvalue weighted by atomic mass is 10.0. The van der Waals surface area contributed by atoms with Crippen molar-refractivity contribution in [2.75, 3.05) is 11.5 Å². The maximum Gasteiger partial charge on any atom is 0.253 e. The molecule has 4 rings (SSSR count). The Morgan fingerprint density at radius 1 is 1.13 bits per heavy atom. The molecule has 0 aromatic heterocycles. The molecular weight excluding hydrogens is 420 g/mol. The minimum Gasteiger partial charge on any atom is -0.363 e. The molecule has 1 unspecified atom stereocenters. The first-order chi connectivity index (χ1) is 14.5. The summed E-state index contributed by atoms with van der Waals surface area (Å²) in [6.45, 7) is 0. The summed E-state index contributed by atoms with van der Waals surface area (Å²) in [6.07, 6.45) is -1.53. The maximum absolute atomic E-state index is 12.8. The van der Waals surface area contributed by atoms with Crippen LogP contribution in [0.2, 0.25) is 0 Å². The number of β-lactam (4-membered cyclic amide) rings is 1. The zero-order chi connectivity index (χ0) is 21.1. The van der Waals surface area contributed by atoms with Crippen molar-refractivity contribution in [2.24, 2.45) is 0 Å². The summed E-state index contributed by atoms with van der Waals surface area (Å²) >= 11 is 3.12. The summed E-state index contributed by atoms with van der Waals surface area (Å²) in [5, 5.41) is 22.4. The molecule has 2 aliphatic rings.